The molecule has 26 heavy (non-hydrogen) atoms. The first-order valence-corrected chi connectivity index (χ1v) is 9.84. The number of nitrogens with zero attached hydrogens (tertiary/aromatic N) is 5. The number of aliphatic imine (C=N–C) groups is 1. The molecule has 0 aromatic carbocycles. The number of nitrogens with one attached hydrogen (secondary N) is 2. The SMILES string of the molecule is CCNC(=NCCCN1CCC(C)CC1)NCCn1cnnc1CC.I. The Morgan fingerprint density at radius 1 is 1.23 bits per heavy atom. The molecule has 1 aliphatic heterocycles. The molecule has 1 aromatic rings. The maximum absolute atomic E-state index is 4.70. The number of likely N-dealkylation sites (tertiary alicyclic amines) is 1. The van der Waals surface area contributed by atoms with E-state index in [2.05, 4.69) is 51.1 Å². The zero-order chi connectivity index (χ0) is 17.9. The third-order valence-electron chi connectivity index (χ3n) is 4.78. The average Bonchev–Trinajstić information content (AvgIpc) is 3.07. The first-order chi connectivity index (χ1) is 12.2. The largest absolute Gasteiger partial charge is 0.357 e. The van der Waals surface area contributed by atoms with Crippen LogP contribution in [-0.4, -0.2) is 64.9 Å². The van der Waals surface area contributed by atoms with Crippen molar-refractivity contribution in [3.05, 3.63) is 12.2 Å². The Morgan fingerprint density at radius 2 is 2.00 bits per heavy atom. The summed E-state index contributed by atoms with van der Waals surface area (Å²) >= 11 is 0. The molecule has 1 saturated heterocycles. The quantitative estimate of drug-likeness (QED) is 0.247. The lowest BCUT2D eigenvalue weighted by Gasteiger charge is -2.29. The van der Waals surface area contributed by atoms with Crippen molar-refractivity contribution in [2.45, 2.75) is 53.0 Å². The van der Waals surface area contributed by atoms with Gasteiger partial charge in [-0.2, -0.15) is 0 Å². The molecule has 1 aliphatic rings. The van der Waals surface area contributed by atoms with Gasteiger partial charge in [0.05, 0.1) is 0 Å². The van der Waals surface area contributed by atoms with E-state index in [0.29, 0.717) is 0 Å². The topological polar surface area (TPSA) is 70.4 Å². The first-order valence-electron chi connectivity index (χ1n) is 9.84. The van der Waals surface area contributed by atoms with Crippen LogP contribution in [0.15, 0.2) is 11.3 Å². The lowest BCUT2D eigenvalue weighted by molar-refractivity contribution is 0.192. The molecule has 2 rings (SSSR count). The van der Waals surface area contributed by atoms with E-state index in [9.17, 15) is 0 Å². The summed E-state index contributed by atoms with van der Waals surface area (Å²) in [4.78, 5) is 7.28. The van der Waals surface area contributed by atoms with Crippen LogP contribution >= 0.6 is 24.0 Å². The Labute approximate surface area is 175 Å². The highest BCUT2D eigenvalue weighted by molar-refractivity contribution is 14.0. The van der Waals surface area contributed by atoms with Crippen LogP contribution in [0.5, 0.6) is 0 Å². The molecule has 0 aliphatic carbocycles. The molecule has 8 heteroatoms. The van der Waals surface area contributed by atoms with Gasteiger partial charge in [0.15, 0.2) is 5.96 Å². The van der Waals surface area contributed by atoms with Crippen molar-refractivity contribution in [3.8, 4) is 0 Å². The monoisotopic (exact) mass is 477 g/mol. The molecule has 0 bridgehead atoms. The van der Waals surface area contributed by atoms with Crippen LogP contribution in [0, 0.1) is 5.92 Å². The molecule has 0 radical (unpaired) electrons. The minimum atomic E-state index is 0. The van der Waals surface area contributed by atoms with Gasteiger partial charge < -0.3 is 20.1 Å². The van der Waals surface area contributed by atoms with E-state index < -0.39 is 0 Å². The molecule has 0 unspecified atom stereocenters. The molecule has 2 heterocycles. The Bertz CT molecular complexity index is 509. The van der Waals surface area contributed by atoms with E-state index in [-0.39, 0.29) is 24.0 Å². The summed E-state index contributed by atoms with van der Waals surface area (Å²) in [6, 6.07) is 0. The molecule has 2 N–H and O–H groups in total. The fourth-order valence-electron chi connectivity index (χ4n) is 3.15. The summed E-state index contributed by atoms with van der Waals surface area (Å²) in [6.45, 7) is 13.6. The van der Waals surface area contributed by atoms with Gasteiger partial charge in [-0.3, -0.25) is 4.99 Å². The van der Waals surface area contributed by atoms with Gasteiger partial charge in [0.25, 0.3) is 0 Å². The van der Waals surface area contributed by atoms with Crippen LogP contribution in [0.25, 0.3) is 0 Å². The summed E-state index contributed by atoms with van der Waals surface area (Å²) in [7, 11) is 0. The summed E-state index contributed by atoms with van der Waals surface area (Å²) in [6.07, 6.45) is 6.51. The second-order valence-electron chi connectivity index (χ2n) is 6.86. The number of aryl methyl sites for hydroxylation is 1. The van der Waals surface area contributed by atoms with Crippen molar-refractivity contribution in [3.63, 3.8) is 0 Å². The van der Waals surface area contributed by atoms with Crippen molar-refractivity contribution in [2.75, 3.05) is 39.3 Å². The van der Waals surface area contributed by atoms with Gasteiger partial charge in [-0.25, -0.2) is 0 Å². The van der Waals surface area contributed by atoms with Crippen LogP contribution < -0.4 is 10.6 Å². The van der Waals surface area contributed by atoms with Crippen molar-refractivity contribution >= 4 is 29.9 Å². The molecule has 7 nitrogen and oxygen atoms in total. The lowest BCUT2D eigenvalue weighted by Crippen LogP contribution is -2.39. The molecule has 1 fully saturated rings. The predicted molar refractivity (Wildman–Crippen MR) is 118 cm³/mol. The summed E-state index contributed by atoms with van der Waals surface area (Å²) in [5.41, 5.74) is 0. The van der Waals surface area contributed by atoms with E-state index in [1.807, 2.05) is 0 Å². The number of hydrogen-bond acceptors (Lipinski definition) is 4. The van der Waals surface area contributed by atoms with E-state index in [0.717, 1.165) is 63.3 Å². The third-order valence-corrected chi connectivity index (χ3v) is 4.78. The first kappa shape index (κ1) is 23.1. The average molecular weight is 477 g/mol. The van der Waals surface area contributed by atoms with Gasteiger partial charge in [-0.05, 0) is 51.7 Å². The standard InChI is InChI=1S/C18H35N7.HI/c1-4-17-23-22-15-25(17)14-10-21-18(19-5-2)20-9-6-11-24-12-7-16(3)8-13-24;/h15-16H,4-14H2,1-3H3,(H2,19,20,21);1H. The van der Waals surface area contributed by atoms with Gasteiger partial charge in [0, 0.05) is 32.6 Å². The van der Waals surface area contributed by atoms with Crippen LogP contribution in [0.4, 0.5) is 0 Å². The minimum absolute atomic E-state index is 0. The summed E-state index contributed by atoms with van der Waals surface area (Å²) < 4.78 is 2.09. The van der Waals surface area contributed by atoms with Crippen molar-refractivity contribution in [1.29, 1.82) is 0 Å². The fourth-order valence-corrected chi connectivity index (χ4v) is 3.15. The molecular formula is C18H36IN7. The number of rotatable bonds is 9. The number of guanidine groups is 1. The van der Waals surface area contributed by atoms with Gasteiger partial charge in [0.2, 0.25) is 0 Å². The van der Waals surface area contributed by atoms with Crippen LogP contribution in [0.3, 0.4) is 0 Å². The zero-order valence-corrected chi connectivity index (χ0v) is 18.9. The number of halogens is 1. The molecule has 0 amide bonds. The van der Waals surface area contributed by atoms with Crippen molar-refractivity contribution in [1.82, 2.24) is 30.3 Å². The third kappa shape index (κ3) is 8.20. The minimum Gasteiger partial charge on any atom is -0.357 e. The maximum Gasteiger partial charge on any atom is 0.191 e. The number of piperidine rings is 1. The van der Waals surface area contributed by atoms with Crippen LogP contribution in [0.2, 0.25) is 0 Å². The number of aromatic nitrogens is 3. The van der Waals surface area contributed by atoms with Gasteiger partial charge >= 0.3 is 0 Å². The summed E-state index contributed by atoms with van der Waals surface area (Å²) in [5.74, 6) is 2.83. The van der Waals surface area contributed by atoms with E-state index in [1.165, 1.54) is 25.9 Å². The maximum atomic E-state index is 4.70. The molecule has 0 saturated carbocycles. The Kier molecular flexibility index (Phi) is 11.8. The molecule has 0 atom stereocenters. The molecule has 150 valence electrons. The van der Waals surface area contributed by atoms with Gasteiger partial charge in [-0.1, -0.05) is 13.8 Å². The predicted octanol–water partition coefficient (Wildman–Crippen LogP) is 2.14. The molecule has 1 aromatic heterocycles. The van der Waals surface area contributed by atoms with Crippen LogP contribution in [0.1, 0.15) is 45.9 Å². The highest BCUT2D eigenvalue weighted by Gasteiger charge is 2.14. The highest BCUT2D eigenvalue weighted by Crippen LogP contribution is 2.15. The van der Waals surface area contributed by atoms with E-state index in [1.54, 1.807) is 6.33 Å². The molecule has 0 spiro atoms. The highest BCUT2D eigenvalue weighted by atomic mass is 127. The Hall–Kier alpha value is -0.900. The summed E-state index contributed by atoms with van der Waals surface area (Å²) in [5, 5.41) is 14.8. The van der Waals surface area contributed by atoms with Gasteiger partial charge in [0.1, 0.15) is 12.2 Å². The number of hydrogen-bond donors (Lipinski definition) is 2. The Morgan fingerprint density at radius 3 is 2.69 bits per heavy atom. The van der Waals surface area contributed by atoms with Gasteiger partial charge in [-0.15, -0.1) is 34.2 Å². The van der Waals surface area contributed by atoms with Crippen molar-refractivity contribution in [2.24, 2.45) is 10.9 Å². The smallest absolute Gasteiger partial charge is 0.191 e. The second-order valence-corrected chi connectivity index (χ2v) is 6.86. The van der Waals surface area contributed by atoms with Crippen molar-refractivity contribution < 1.29 is 0 Å². The lowest BCUT2D eigenvalue weighted by atomic mass is 9.99. The normalized spacial score (nSPS) is 16.3. The second kappa shape index (κ2) is 13.3. The van der Waals surface area contributed by atoms with E-state index in [4.69, 9.17) is 4.99 Å². The molecular weight excluding hydrogens is 441 g/mol. The Balaban J connectivity index is 0.00000338. The zero-order valence-electron chi connectivity index (χ0n) is 16.6. The fraction of sp³-hybridized carbons (Fsp3) is 0.833. The van der Waals surface area contributed by atoms with E-state index >= 15 is 0 Å². The van der Waals surface area contributed by atoms with Crippen LogP contribution in [-0.2, 0) is 13.0 Å².